The molecule has 2 unspecified atom stereocenters. The molecule has 5 nitrogen and oxygen atoms in total. The van der Waals surface area contributed by atoms with Gasteiger partial charge < -0.3 is 14.5 Å². The van der Waals surface area contributed by atoms with Crippen molar-refractivity contribution in [1.29, 1.82) is 0 Å². The van der Waals surface area contributed by atoms with Crippen LogP contribution in [0.5, 0.6) is 5.75 Å². The molecule has 26 heavy (non-hydrogen) atoms. The Bertz CT molecular complexity index is 865. The summed E-state index contributed by atoms with van der Waals surface area (Å²) < 4.78 is 19.4. The van der Waals surface area contributed by atoms with Crippen LogP contribution in [0.2, 0.25) is 5.02 Å². The van der Waals surface area contributed by atoms with Gasteiger partial charge in [-0.15, -0.1) is 0 Å². The standard InChI is InChI=1S/C19H16ClFN2O3/c1-25-12-7-5-11(6-8-12)19(24)23-9-13-16(10-23)26-22-18(13)17-14(20)3-2-4-15(17)21/h2-8,13,16H,9-10H2,1H3. The first-order valence-corrected chi connectivity index (χ1v) is 8.57. The van der Waals surface area contributed by atoms with Gasteiger partial charge in [0.15, 0.2) is 6.10 Å². The summed E-state index contributed by atoms with van der Waals surface area (Å²) in [4.78, 5) is 19.9. The average molecular weight is 375 g/mol. The number of hydrogen-bond acceptors (Lipinski definition) is 4. The number of likely N-dealkylation sites (tertiary alicyclic amines) is 1. The predicted molar refractivity (Wildman–Crippen MR) is 95.2 cm³/mol. The van der Waals surface area contributed by atoms with Gasteiger partial charge in [0, 0.05) is 12.1 Å². The lowest BCUT2D eigenvalue weighted by Crippen LogP contribution is -2.30. The Labute approximate surface area is 154 Å². The molecule has 2 atom stereocenters. The highest BCUT2D eigenvalue weighted by Gasteiger charge is 2.45. The summed E-state index contributed by atoms with van der Waals surface area (Å²) in [6.45, 7) is 0.799. The molecule has 0 bridgehead atoms. The van der Waals surface area contributed by atoms with Crippen molar-refractivity contribution in [3.8, 4) is 5.75 Å². The van der Waals surface area contributed by atoms with E-state index in [0.29, 0.717) is 30.1 Å². The molecule has 2 aliphatic heterocycles. The second-order valence-corrected chi connectivity index (χ2v) is 6.67. The second-order valence-electron chi connectivity index (χ2n) is 6.26. The third-order valence-electron chi connectivity index (χ3n) is 4.75. The number of benzene rings is 2. The molecule has 0 aromatic heterocycles. The van der Waals surface area contributed by atoms with Crippen LogP contribution in [0.4, 0.5) is 4.39 Å². The zero-order valence-corrected chi connectivity index (χ0v) is 14.7. The molecule has 0 spiro atoms. The number of carbonyl (C=O) groups excluding carboxylic acids is 1. The van der Waals surface area contributed by atoms with E-state index in [9.17, 15) is 9.18 Å². The molecule has 1 saturated heterocycles. The number of fused-ring (bicyclic) bond motifs is 1. The highest BCUT2D eigenvalue weighted by molar-refractivity contribution is 6.34. The van der Waals surface area contributed by atoms with E-state index in [1.54, 1.807) is 48.4 Å². The Morgan fingerprint density at radius 3 is 2.73 bits per heavy atom. The van der Waals surface area contributed by atoms with E-state index >= 15 is 0 Å². The molecule has 0 saturated carbocycles. The van der Waals surface area contributed by atoms with E-state index in [4.69, 9.17) is 21.2 Å². The monoisotopic (exact) mass is 374 g/mol. The molecule has 2 heterocycles. The Morgan fingerprint density at radius 1 is 1.27 bits per heavy atom. The molecular weight excluding hydrogens is 359 g/mol. The van der Waals surface area contributed by atoms with E-state index in [1.165, 1.54) is 6.07 Å². The van der Waals surface area contributed by atoms with Crippen molar-refractivity contribution < 1.29 is 18.8 Å². The Hall–Kier alpha value is -2.60. The molecular formula is C19H16ClFN2O3. The molecule has 2 aliphatic rings. The van der Waals surface area contributed by atoms with Crippen molar-refractivity contribution in [2.45, 2.75) is 6.10 Å². The minimum Gasteiger partial charge on any atom is -0.497 e. The van der Waals surface area contributed by atoms with Gasteiger partial charge in [0.05, 0.1) is 30.2 Å². The molecule has 1 fully saturated rings. The summed E-state index contributed by atoms with van der Waals surface area (Å²) >= 11 is 6.15. The van der Waals surface area contributed by atoms with Gasteiger partial charge in [-0.05, 0) is 36.4 Å². The Morgan fingerprint density at radius 2 is 2.04 bits per heavy atom. The minimum atomic E-state index is -0.444. The first-order valence-electron chi connectivity index (χ1n) is 8.20. The van der Waals surface area contributed by atoms with E-state index < -0.39 is 5.82 Å². The van der Waals surface area contributed by atoms with Gasteiger partial charge in [0.1, 0.15) is 17.3 Å². The summed E-state index contributed by atoms with van der Waals surface area (Å²) in [7, 11) is 1.57. The van der Waals surface area contributed by atoms with Gasteiger partial charge in [-0.1, -0.05) is 22.8 Å². The highest BCUT2D eigenvalue weighted by Crippen LogP contribution is 2.34. The number of halogens is 2. The summed E-state index contributed by atoms with van der Waals surface area (Å²) in [6.07, 6.45) is -0.289. The molecule has 0 aliphatic carbocycles. The van der Waals surface area contributed by atoms with Crippen LogP contribution in [0.1, 0.15) is 15.9 Å². The molecule has 0 radical (unpaired) electrons. The first kappa shape index (κ1) is 16.8. The Kier molecular flexibility index (Phi) is 4.28. The van der Waals surface area contributed by atoms with E-state index in [2.05, 4.69) is 5.16 Å². The zero-order valence-electron chi connectivity index (χ0n) is 14.0. The van der Waals surface area contributed by atoms with Gasteiger partial charge in [-0.25, -0.2) is 4.39 Å². The molecule has 134 valence electrons. The number of amides is 1. The van der Waals surface area contributed by atoms with Gasteiger partial charge >= 0.3 is 0 Å². The average Bonchev–Trinajstić information content (AvgIpc) is 3.23. The Balaban J connectivity index is 1.55. The van der Waals surface area contributed by atoms with Gasteiger partial charge in [-0.3, -0.25) is 4.79 Å². The quantitative estimate of drug-likeness (QED) is 0.827. The molecule has 0 N–H and O–H groups in total. The van der Waals surface area contributed by atoms with E-state index in [0.717, 1.165) is 0 Å². The van der Waals surface area contributed by atoms with Crippen LogP contribution in [-0.2, 0) is 4.84 Å². The van der Waals surface area contributed by atoms with Gasteiger partial charge in [-0.2, -0.15) is 0 Å². The predicted octanol–water partition coefficient (Wildman–Crippen LogP) is 3.36. The minimum absolute atomic E-state index is 0.107. The SMILES string of the molecule is COc1ccc(C(=O)N2CC3ON=C(c4c(F)cccc4Cl)C3C2)cc1. The highest BCUT2D eigenvalue weighted by atomic mass is 35.5. The molecule has 7 heteroatoms. The lowest BCUT2D eigenvalue weighted by Gasteiger charge is -2.17. The number of carbonyl (C=O) groups is 1. The van der Waals surface area contributed by atoms with E-state index in [-0.39, 0.29) is 28.5 Å². The molecule has 4 rings (SSSR count). The fraction of sp³-hybridized carbons (Fsp3) is 0.263. The molecule has 1 amide bonds. The molecule has 2 aromatic rings. The van der Waals surface area contributed by atoms with Crippen molar-refractivity contribution in [1.82, 2.24) is 4.90 Å². The third-order valence-corrected chi connectivity index (χ3v) is 5.06. The van der Waals surface area contributed by atoms with Crippen LogP contribution in [0.15, 0.2) is 47.6 Å². The number of methoxy groups -OCH3 is 1. The first-order chi connectivity index (χ1) is 12.6. The lowest BCUT2D eigenvalue weighted by molar-refractivity contribution is 0.0631. The lowest BCUT2D eigenvalue weighted by atomic mass is 9.94. The maximum atomic E-state index is 14.2. The van der Waals surface area contributed by atoms with Crippen LogP contribution >= 0.6 is 11.6 Å². The maximum Gasteiger partial charge on any atom is 0.254 e. The normalized spacial score (nSPS) is 21.2. The van der Waals surface area contributed by atoms with Crippen LogP contribution in [0, 0.1) is 11.7 Å². The van der Waals surface area contributed by atoms with Crippen molar-refractivity contribution in [2.24, 2.45) is 11.1 Å². The van der Waals surface area contributed by atoms with Crippen LogP contribution in [0.25, 0.3) is 0 Å². The number of rotatable bonds is 3. The summed E-state index contributed by atoms with van der Waals surface area (Å²) in [6, 6.07) is 11.4. The molecule has 2 aromatic carbocycles. The number of nitrogens with zero attached hydrogens (tertiary/aromatic N) is 2. The number of hydrogen-bond donors (Lipinski definition) is 0. The zero-order chi connectivity index (χ0) is 18.3. The van der Waals surface area contributed by atoms with Crippen LogP contribution < -0.4 is 4.74 Å². The maximum absolute atomic E-state index is 14.2. The summed E-state index contributed by atoms with van der Waals surface area (Å²) in [5, 5.41) is 4.32. The van der Waals surface area contributed by atoms with Crippen molar-refractivity contribution in [3.05, 3.63) is 64.4 Å². The van der Waals surface area contributed by atoms with E-state index in [1.807, 2.05) is 0 Å². The second kappa shape index (κ2) is 6.61. The van der Waals surface area contributed by atoms with Crippen LogP contribution in [-0.4, -0.2) is 42.8 Å². The largest absolute Gasteiger partial charge is 0.497 e. The van der Waals surface area contributed by atoms with Crippen LogP contribution in [0.3, 0.4) is 0 Å². The fourth-order valence-electron chi connectivity index (χ4n) is 3.39. The van der Waals surface area contributed by atoms with Crippen molar-refractivity contribution >= 4 is 23.2 Å². The summed E-state index contributed by atoms with van der Waals surface area (Å²) in [5.74, 6) is -0.0662. The third kappa shape index (κ3) is 2.80. The number of oxime groups is 1. The number of ether oxygens (including phenoxy) is 1. The fourth-order valence-corrected chi connectivity index (χ4v) is 3.65. The summed E-state index contributed by atoms with van der Waals surface area (Å²) in [5.41, 5.74) is 1.27. The van der Waals surface area contributed by atoms with Gasteiger partial charge in [0.2, 0.25) is 0 Å². The smallest absolute Gasteiger partial charge is 0.254 e. The van der Waals surface area contributed by atoms with Gasteiger partial charge in [0.25, 0.3) is 5.91 Å². The van der Waals surface area contributed by atoms with Crippen molar-refractivity contribution in [3.63, 3.8) is 0 Å². The topological polar surface area (TPSA) is 51.1 Å². The van der Waals surface area contributed by atoms with Crippen molar-refractivity contribution in [2.75, 3.05) is 20.2 Å².